The first-order valence-corrected chi connectivity index (χ1v) is 10.6. The van der Waals surface area contributed by atoms with Crippen molar-refractivity contribution in [2.75, 3.05) is 20.7 Å². The van der Waals surface area contributed by atoms with Crippen LogP contribution in [-0.2, 0) is 6.54 Å². The first-order valence-electron chi connectivity index (χ1n) is 10.6. The van der Waals surface area contributed by atoms with Crippen molar-refractivity contribution in [2.24, 2.45) is 0 Å². The third-order valence-corrected chi connectivity index (χ3v) is 5.75. The Kier molecular flexibility index (Phi) is 6.28. The highest BCUT2D eigenvalue weighted by Gasteiger charge is 2.27. The molecule has 0 saturated carbocycles. The smallest absolute Gasteiger partial charge is 0.269 e. The summed E-state index contributed by atoms with van der Waals surface area (Å²) in [4.78, 5) is 23.5. The maximum atomic E-state index is 11.8. The summed E-state index contributed by atoms with van der Waals surface area (Å²) in [7, 11) is 3.31. The lowest BCUT2D eigenvalue weighted by atomic mass is 10.0. The van der Waals surface area contributed by atoms with Crippen LogP contribution in [0, 0.1) is 6.92 Å². The zero-order chi connectivity index (χ0) is 21.8. The molecule has 1 saturated heterocycles. The summed E-state index contributed by atoms with van der Waals surface area (Å²) in [5, 5.41) is 2.60. The Bertz CT molecular complexity index is 1070. The SMILES string of the molecule is CNC(=O)c1ccc(-c2cc(C)nc(C3CCCN3Cc3cccc(OC)c3)c2)cn1. The predicted octanol–water partition coefficient (Wildman–Crippen LogP) is 4.16. The molecule has 1 atom stereocenters. The zero-order valence-corrected chi connectivity index (χ0v) is 18.3. The molecule has 4 rings (SSSR count). The molecule has 1 aromatic carbocycles. The number of benzene rings is 1. The number of hydrogen-bond donors (Lipinski definition) is 1. The number of nitrogens with zero attached hydrogens (tertiary/aromatic N) is 3. The molecule has 2 aromatic heterocycles. The quantitative estimate of drug-likeness (QED) is 0.654. The molecule has 0 radical (unpaired) electrons. The number of pyridine rings is 2. The van der Waals surface area contributed by atoms with Crippen molar-refractivity contribution in [3.63, 3.8) is 0 Å². The Morgan fingerprint density at radius 2 is 2.06 bits per heavy atom. The number of carbonyl (C=O) groups is 1. The van der Waals surface area contributed by atoms with Crippen LogP contribution < -0.4 is 10.1 Å². The number of nitrogens with one attached hydrogen (secondary N) is 1. The van der Waals surface area contributed by atoms with E-state index in [0.29, 0.717) is 5.69 Å². The third kappa shape index (κ3) is 4.75. The molecule has 1 unspecified atom stereocenters. The van der Waals surface area contributed by atoms with Gasteiger partial charge in [0.2, 0.25) is 0 Å². The molecule has 0 spiro atoms. The number of likely N-dealkylation sites (tertiary alicyclic amines) is 1. The first kappa shape index (κ1) is 21.0. The van der Waals surface area contributed by atoms with Crippen LogP contribution in [0.3, 0.4) is 0 Å². The summed E-state index contributed by atoms with van der Waals surface area (Å²) in [5.74, 6) is 0.703. The highest BCUT2D eigenvalue weighted by Crippen LogP contribution is 2.34. The molecule has 1 fully saturated rings. The van der Waals surface area contributed by atoms with E-state index in [0.717, 1.165) is 54.2 Å². The van der Waals surface area contributed by atoms with Gasteiger partial charge in [0.1, 0.15) is 11.4 Å². The van der Waals surface area contributed by atoms with Crippen LogP contribution in [0.5, 0.6) is 5.75 Å². The maximum Gasteiger partial charge on any atom is 0.269 e. The normalized spacial score (nSPS) is 16.3. The number of rotatable bonds is 6. The molecule has 3 heterocycles. The van der Waals surface area contributed by atoms with Crippen molar-refractivity contribution >= 4 is 5.91 Å². The van der Waals surface area contributed by atoms with Crippen molar-refractivity contribution < 1.29 is 9.53 Å². The summed E-state index contributed by atoms with van der Waals surface area (Å²) >= 11 is 0. The molecule has 0 bridgehead atoms. The van der Waals surface area contributed by atoms with Crippen LogP contribution in [0.25, 0.3) is 11.1 Å². The van der Waals surface area contributed by atoms with Crippen molar-refractivity contribution in [3.05, 3.63) is 77.4 Å². The average molecular weight is 417 g/mol. The van der Waals surface area contributed by atoms with Crippen LogP contribution in [0.15, 0.2) is 54.7 Å². The molecule has 3 aromatic rings. The summed E-state index contributed by atoms with van der Waals surface area (Å²) < 4.78 is 5.38. The standard InChI is InChI=1S/C25H28N4O2/c1-17-12-20(19-9-10-22(27-15-19)25(30)26-2)14-23(28-17)24-8-5-11-29(24)16-18-6-4-7-21(13-18)31-3/h4,6-7,9-10,12-15,24H,5,8,11,16H2,1-3H3,(H,26,30). The second-order valence-electron chi connectivity index (χ2n) is 7.91. The lowest BCUT2D eigenvalue weighted by Crippen LogP contribution is -2.23. The topological polar surface area (TPSA) is 67.4 Å². The van der Waals surface area contributed by atoms with Gasteiger partial charge in [-0.3, -0.25) is 19.7 Å². The Labute approximate surface area is 183 Å². The molecule has 6 nitrogen and oxygen atoms in total. The van der Waals surface area contributed by atoms with E-state index in [1.165, 1.54) is 5.56 Å². The van der Waals surface area contributed by atoms with E-state index in [4.69, 9.17) is 9.72 Å². The zero-order valence-electron chi connectivity index (χ0n) is 18.3. The fraction of sp³-hybridized carbons (Fsp3) is 0.320. The lowest BCUT2D eigenvalue weighted by molar-refractivity contribution is 0.0958. The summed E-state index contributed by atoms with van der Waals surface area (Å²) in [5.41, 5.74) is 5.79. The summed E-state index contributed by atoms with van der Waals surface area (Å²) in [6.07, 6.45) is 4.00. The van der Waals surface area contributed by atoms with Gasteiger partial charge in [-0.15, -0.1) is 0 Å². The number of ether oxygens (including phenoxy) is 1. The molecular formula is C25H28N4O2. The van der Waals surface area contributed by atoms with Gasteiger partial charge in [0.25, 0.3) is 5.91 Å². The number of methoxy groups -OCH3 is 1. The number of aromatic nitrogens is 2. The van der Waals surface area contributed by atoms with Crippen LogP contribution in [0.4, 0.5) is 0 Å². The Hall–Kier alpha value is -3.25. The molecule has 1 N–H and O–H groups in total. The van der Waals surface area contributed by atoms with E-state index in [2.05, 4.69) is 39.5 Å². The molecule has 0 aliphatic carbocycles. The van der Waals surface area contributed by atoms with Gasteiger partial charge in [0.05, 0.1) is 18.8 Å². The minimum absolute atomic E-state index is 0.183. The van der Waals surface area contributed by atoms with Crippen LogP contribution in [0.1, 0.15) is 46.3 Å². The van der Waals surface area contributed by atoms with E-state index in [1.807, 2.05) is 25.1 Å². The van der Waals surface area contributed by atoms with Gasteiger partial charge < -0.3 is 10.1 Å². The van der Waals surface area contributed by atoms with E-state index < -0.39 is 0 Å². The van der Waals surface area contributed by atoms with Crippen molar-refractivity contribution in [1.82, 2.24) is 20.2 Å². The monoisotopic (exact) mass is 416 g/mol. The van der Waals surface area contributed by atoms with Crippen molar-refractivity contribution in [2.45, 2.75) is 32.4 Å². The molecule has 160 valence electrons. The van der Waals surface area contributed by atoms with E-state index in [1.54, 1.807) is 26.4 Å². The second-order valence-corrected chi connectivity index (χ2v) is 7.91. The van der Waals surface area contributed by atoms with Gasteiger partial charge in [-0.25, -0.2) is 0 Å². The van der Waals surface area contributed by atoms with E-state index in [-0.39, 0.29) is 11.9 Å². The van der Waals surface area contributed by atoms with E-state index >= 15 is 0 Å². The average Bonchev–Trinajstić information content (AvgIpc) is 3.26. The van der Waals surface area contributed by atoms with Gasteiger partial charge >= 0.3 is 0 Å². The molecule has 6 heteroatoms. The Balaban J connectivity index is 1.59. The van der Waals surface area contributed by atoms with Gasteiger partial charge in [0.15, 0.2) is 0 Å². The van der Waals surface area contributed by atoms with Crippen LogP contribution in [0.2, 0.25) is 0 Å². The Morgan fingerprint density at radius 3 is 2.81 bits per heavy atom. The fourth-order valence-electron chi connectivity index (χ4n) is 4.21. The van der Waals surface area contributed by atoms with Crippen molar-refractivity contribution in [3.8, 4) is 16.9 Å². The molecule has 31 heavy (non-hydrogen) atoms. The minimum Gasteiger partial charge on any atom is -0.497 e. The van der Waals surface area contributed by atoms with Gasteiger partial charge in [0, 0.05) is 31.0 Å². The number of amides is 1. The van der Waals surface area contributed by atoms with Gasteiger partial charge in [-0.2, -0.15) is 0 Å². The second kappa shape index (κ2) is 9.27. The molecule has 1 aliphatic heterocycles. The first-order chi connectivity index (χ1) is 15.1. The third-order valence-electron chi connectivity index (χ3n) is 5.75. The molecular weight excluding hydrogens is 388 g/mol. The summed E-state index contributed by atoms with van der Waals surface area (Å²) in [6.45, 7) is 3.95. The van der Waals surface area contributed by atoms with Gasteiger partial charge in [-0.1, -0.05) is 18.2 Å². The number of hydrogen-bond acceptors (Lipinski definition) is 5. The molecule has 1 amide bonds. The van der Waals surface area contributed by atoms with Crippen LogP contribution in [-0.4, -0.2) is 41.5 Å². The number of carbonyl (C=O) groups excluding carboxylic acids is 1. The highest BCUT2D eigenvalue weighted by atomic mass is 16.5. The molecule has 1 aliphatic rings. The highest BCUT2D eigenvalue weighted by molar-refractivity contribution is 5.92. The predicted molar refractivity (Wildman–Crippen MR) is 121 cm³/mol. The lowest BCUT2D eigenvalue weighted by Gasteiger charge is -2.25. The van der Waals surface area contributed by atoms with Crippen molar-refractivity contribution in [1.29, 1.82) is 0 Å². The minimum atomic E-state index is -0.183. The Morgan fingerprint density at radius 1 is 1.19 bits per heavy atom. The van der Waals surface area contributed by atoms with Crippen LogP contribution >= 0.6 is 0 Å². The maximum absolute atomic E-state index is 11.8. The fourth-order valence-corrected chi connectivity index (χ4v) is 4.21. The number of aryl methyl sites for hydroxylation is 1. The van der Waals surface area contributed by atoms with Gasteiger partial charge in [-0.05, 0) is 67.8 Å². The van der Waals surface area contributed by atoms with E-state index in [9.17, 15) is 4.79 Å². The largest absolute Gasteiger partial charge is 0.497 e. The summed E-state index contributed by atoms with van der Waals surface area (Å²) in [6, 6.07) is 16.5.